The lowest BCUT2D eigenvalue weighted by molar-refractivity contribution is 0.102. The summed E-state index contributed by atoms with van der Waals surface area (Å²) in [4.78, 5) is 22.6. The highest BCUT2D eigenvalue weighted by molar-refractivity contribution is 7.21. The van der Waals surface area contributed by atoms with Gasteiger partial charge in [-0.15, -0.1) is 0 Å². The van der Waals surface area contributed by atoms with Crippen molar-refractivity contribution < 1.29 is 4.79 Å². The maximum Gasteiger partial charge on any atom is 0.255 e. The first-order valence-electron chi connectivity index (χ1n) is 8.72. The molecule has 5 heteroatoms. The third-order valence-corrected chi connectivity index (χ3v) is 5.70. The molecular formula is C22H19N3OS. The minimum atomic E-state index is -0.107. The second-order valence-electron chi connectivity index (χ2n) is 6.63. The number of fused-ring (bicyclic) bond motifs is 1. The van der Waals surface area contributed by atoms with Gasteiger partial charge in [0, 0.05) is 23.0 Å². The van der Waals surface area contributed by atoms with Gasteiger partial charge in [-0.2, -0.15) is 0 Å². The zero-order valence-electron chi connectivity index (χ0n) is 15.4. The maximum absolute atomic E-state index is 12.7. The lowest BCUT2D eigenvalue weighted by Crippen LogP contribution is -2.13. The van der Waals surface area contributed by atoms with Gasteiger partial charge in [-0.05, 0) is 67.8 Å². The van der Waals surface area contributed by atoms with Gasteiger partial charge in [0.15, 0.2) is 0 Å². The summed E-state index contributed by atoms with van der Waals surface area (Å²) in [5.41, 5.74) is 6.60. The van der Waals surface area contributed by atoms with Crippen LogP contribution in [0.25, 0.3) is 20.9 Å². The van der Waals surface area contributed by atoms with E-state index in [2.05, 4.69) is 15.3 Å². The van der Waals surface area contributed by atoms with Crippen LogP contribution >= 0.6 is 11.3 Å². The number of hydrogen-bond donors (Lipinski definition) is 1. The minimum Gasteiger partial charge on any atom is -0.322 e. The molecule has 27 heavy (non-hydrogen) atoms. The Bertz CT molecular complexity index is 1130. The number of benzene rings is 2. The number of rotatable bonds is 3. The molecule has 0 bridgehead atoms. The molecule has 0 saturated carbocycles. The summed E-state index contributed by atoms with van der Waals surface area (Å²) in [6.45, 7) is 6.04. The van der Waals surface area contributed by atoms with Gasteiger partial charge in [0.2, 0.25) is 0 Å². The topological polar surface area (TPSA) is 54.9 Å². The second-order valence-corrected chi connectivity index (χ2v) is 7.61. The van der Waals surface area contributed by atoms with Crippen molar-refractivity contribution in [3.63, 3.8) is 0 Å². The molecule has 4 nitrogen and oxygen atoms in total. The molecule has 0 spiro atoms. The predicted molar refractivity (Wildman–Crippen MR) is 111 cm³/mol. The van der Waals surface area contributed by atoms with Gasteiger partial charge in [-0.1, -0.05) is 29.5 Å². The van der Waals surface area contributed by atoms with Crippen LogP contribution in [0.1, 0.15) is 27.0 Å². The van der Waals surface area contributed by atoms with Crippen molar-refractivity contribution in [3.8, 4) is 10.6 Å². The van der Waals surface area contributed by atoms with Crippen LogP contribution in [0.3, 0.4) is 0 Å². The van der Waals surface area contributed by atoms with Gasteiger partial charge in [0.1, 0.15) is 15.4 Å². The fourth-order valence-corrected chi connectivity index (χ4v) is 3.76. The van der Waals surface area contributed by atoms with E-state index in [0.29, 0.717) is 5.56 Å². The second kappa shape index (κ2) is 6.93. The Kier molecular flexibility index (Phi) is 4.46. The van der Waals surface area contributed by atoms with Crippen molar-refractivity contribution in [2.24, 2.45) is 0 Å². The van der Waals surface area contributed by atoms with Crippen LogP contribution in [0.2, 0.25) is 0 Å². The van der Waals surface area contributed by atoms with Crippen LogP contribution < -0.4 is 5.32 Å². The number of thiazole rings is 1. The molecule has 0 fully saturated rings. The molecule has 4 rings (SSSR count). The van der Waals surface area contributed by atoms with E-state index in [1.165, 1.54) is 5.56 Å². The molecular weight excluding hydrogens is 354 g/mol. The molecule has 0 aliphatic carbocycles. The van der Waals surface area contributed by atoms with Gasteiger partial charge in [0.05, 0.1) is 0 Å². The largest absolute Gasteiger partial charge is 0.322 e. The van der Waals surface area contributed by atoms with Crippen molar-refractivity contribution >= 4 is 33.3 Å². The molecule has 4 aromatic rings. The van der Waals surface area contributed by atoms with Crippen molar-refractivity contribution in [2.45, 2.75) is 20.8 Å². The molecule has 2 aromatic carbocycles. The number of nitrogens with one attached hydrogen (secondary N) is 1. The van der Waals surface area contributed by atoms with Gasteiger partial charge >= 0.3 is 0 Å². The van der Waals surface area contributed by atoms with Gasteiger partial charge in [-0.3, -0.25) is 4.79 Å². The molecule has 134 valence electrons. The van der Waals surface area contributed by atoms with E-state index in [1.54, 1.807) is 17.5 Å². The van der Waals surface area contributed by atoms with E-state index in [-0.39, 0.29) is 5.91 Å². The molecule has 2 aromatic heterocycles. The van der Waals surface area contributed by atoms with Crippen molar-refractivity contribution in [3.05, 3.63) is 77.0 Å². The van der Waals surface area contributed by atoms with E-state index in [9.17, 15) is 4.79 Å². The summed E-state index contributed by atoms with van der Waals surface area (Å²) >= 11 is 1.55. The average molecular weight is 373 g/mol. The maximum atomic E-state index is 12.7. The van der Waals surface area contributed by atoms with E-state index < -0.39 is 0 Å². The molecule has 0 aliphatic heterocycles. The number of anilines is 1. The molecule has 1 amide bonds. The van der Waals surface area contributed by atoms with Gasteiger partial charge in [-0.25, -0.2) is 9.97 Å². The van der Waals surface area contributed by atoms with Crippen LogP contribution in [0.15, 0.2) is 54.7 Å². The van der Waals surface area contributed by atoms with Gasteiger partial charge in [0.25, 0.3) is 5.91 Å². The third kappa shape index (κ3) is 3.46. The van der Waals surface area contributed by atoms with Crippen molar-refractivity contribution in [2.75, 3.05) is 5.32 Å². The first-order chi connectivity index (χ1) is 13.0. The Morgan fingerprint density at radius 2 is 1.78 bits per heavy atom. The number of aromatic nitrogens is 2. The predicted octanol–water partition coefficient (Wildman–Crippen LogP) is 5.54. The molecule has 0 atom stereocenters. The molecule has 2 heterocycles. The normalized spacial score (nSPS) is 10.9. The number of amides is 1. The first kappa shape index (κ1) is 17.4. The summed E-state index contributed by atoms with van der Waals surface area (Å²) in [6, 6.07) is 15.6. The smallest absolute Gasteiger partial charge is 0.255 e. The molecule has 0 saturated heterocycles. The van der Waals surface area contributed by atoms with Crippen LogP contribution in [-0.4, -0.2) is 15.9 Å². The minimum absolute atomic E-state index is 0.107. The van der Waals surface area contributed by atoms with Crippen LogP contribution in [-0.2, 0) is 0 Å². The molecule has 1 N–H and O–H groups in total. The standard InChI is InChI=1S/C22H19N3OS/c1-13-6-8-16(11-15(13)3)20(26)24-19-12-17(9-7-14(19)2)21-25-18-5-4-10-23-22(18)27-21/h4-12H,1-3H3,(H,24,26). The Morgan fingerprint density at radius 3 is 2.56 bits per heavy atom. The Labute approximate surface area is 161 Å². The Morgan fingerprint density at radius 1 is 0.963 bits per heavy atom. The van der Waals surface area contributed by atoms with Crippen molar-refractivity contribution in [1.29, 1.82) is 0 Å². The summed E-state index contributed by atoms with van der Waals surface area (Å²) in [6.07, 6.45) is 1.77. The van der Waals surface area contributed by atoms with Crippen LogP contribution in [0.4, 0.5) is 5.69 Å². The Hall–Kier alpha value is -3.05. The summed E-state index contributed by atoms with van der Waals surface area (Å²) in [5, 5.41) is 3.93. The number of aryl methyl sites for hydroxylation is 3. The highest BCUT2D eigenvalue weighted by Crippen LogP contribution is 2.31. The average Bonchev–Trinajstić information content (AvgIpc) is 3.10. The number of carbonyl (C=O) groups is 1. The molecule has 0 aliphatic rings. The monoisotopic (exact) mass is 373 g/mol. The fraction of sp³-hybridized carbons (Fsp3) is 0.136. The van der Waals surface area contributed by atoms with E-state index in [1.807, 2.05) is 69.3 Å². The first-order valence-corrected chi connectivity index (χ1v) is 9.54. The number of pyridine rings is 1. The van der Waals surface area contributed by atoms with Crippen LogP contribution in [0, 0.1) is 20.8 Å². The number of carbonyl (C=O) groups excluding carboxylic acids is 1. The lowest BCUT2D eigenvalue weighted by Gasteiger charge is -2.11. The third-order valence-electron chi connectivity index (χ3n) is 4.67. The van der Waals surface area contributed by atoms with Crippen molar-refractivity contribution in [1.82, 2.24) is 9.97 Å². The summed E-state index contributed by atoms with van der Waals surface area (Å²) in [5.74, 6) is -0.107. The quantitative estimate of drug-likeness (QED) is 0.513. The fourth-order valence-electron chi connectivity index (χ4n) is 2.86. The van der Waals surface area contributed by atoms with Crippen LogP contribution in [0.5, 0.6) is 0 Å². The SMILES string of the molecule is Cc1ccc(C(=O)Nc2cc(-c3nc4cccnc4s3)ccc2C)cc1C. The highest BCUT2D eigenvalue weighted by Gasteiger charge is 2.12. The van der Waals surface area contributed by atoms with E-state index in [0.717, 1.165) is 37.7 Å². The molecule has 0 radical (unpaired) electrons. The van der Waals surface area contributed by atoms with E-state index >= 15 is 0 Å². The highest BCUT2D eigenvalue weighted by atomic mass is 32.1. The lowest BCUT2D eigenvalue weighted by atomic mass is 10.1. The number of hydrogen-bond acceptors (Lipinski definition) is 4. The zero-order valence-corrected chi connectivity index (χ0v) is 16.2. The van der Waals surface area contributed by atoms with E-state index in [4.69, 9.17) is 0 Å². The zero-order chi connectivity index (χ0) is 19.0. The summed E-state index contributed by atoms with van der Waals surface area (Å²) < 4.78 is 0. The van der Waals surface area contributed by atoms with Gasteiger partial charge < -0.3 is 5.32 Å². The summed E-state index contributed by atoms with van der Waals surface area (Å²) in [7, 11) is 0. The Balaban J connectivity index is 1.66. The number of nitrogens with zero attached hydrogens (tertiary/aromatic N) is 2. The molecule has 0 unspecified atom stereocenters.